The number of alkyl halides is 3. The van der Waals surface area contributed by atoms with Gasteiger partial charge in [-0.15, -0.1) is 0 Å². The zero-order chi connectivity index (χ0) is 13.2. The first-order valence-corrected chi connectivity index (χ1v) is 5.89. The van der Waals surface area contributed by atoms with Gasteiger partial charge in [-0.1, -0.05) is 6.07 Å². The van der Waals surface area contributed by atoms with Gasteiger partial charge in [0.05, 0.1) is 5.56 Å². The molecule has 0 radical (unpaired) electrons. The zero-order valence-electron chi connectivity index (χ0n) is 9.76. The molecule has 1 aliphatic heterocycles. The summed E-state index contributed by atoms with van der Waals surface area (Å²) >= 11 is 0. The number of carbonyl (C=O) groups is 1. The molecular formula is C13H14F3NO. The Bertz CT molecular complexity index is 436. The van der Waals surface area contributed by atoms with E-state index in [-0.39, 0.29) is 5.92 Å². The molecule has 0 unspecified atom stereocenters. The van der Waals surface area contributed by atoms with Crippen LogP contribution in [0.1, 0.15) is 40.2 Å². The first-order chi connectivity index (χ1) is 8.52. The molecule has 0 spiro atoms. The van der Waals surface area contributed by atoms with Crippen LogP contribution in [0, 0.1) is 0 Å². The zero-order valence-corrected chi connectivity index (χ0v) is 9.76. The number of carbonyl (C=O) groups excluding carboxylic acids is 1. The van der Waals surface area contributed by atoms with Gasteiger partial charge in [-0.25, -0.2) is 0 Å². The van der Waals surface area contributed by atoms with Crippen molar-refractivity contribution < 1.29 is 18.0 Å². The third kappa shape index (κ3) is 2.72. The van der Waals surface area contributed by atoms with Crippen molar-refractivity contribution in [2.45, 2.75) is 24.9 Å². The van der Waals surface area contributed by atoms with E-state index < -0.39 is 11.7 Å². The number of rotatable bonds is 2. The van der Waals surface area contributed by atoms with Crippen LogP contribution in [0.4, 0.5) is 13.2 Å². The molecule has 1 N–H and O–H groups in total. The second kappa shape index (κ2) is 5.10. The fourth-order valence-corrected chi connectivity index (χ4v) is 2.34. The molecular weight excluding hydrogens is 243 g/mol. The van der Waals surface area contributed by atoms with Crippen molar-refractivity contribution in [3.05, 3.63) is 34.9 Å². The molecule has 98 valence electrons. The first kappa shape index (κ1) is 13.1. The van der Waals surface area contributed by atoms with Crippen LogP contribution in [0.15, 0.2) is 18.2 Å². The van der Waals surface area contributed by atoms with Crippen molar-refractivity contribution in [2.24, 2.45) is 0 Å². The van der Waals surface area contributed by atoms with Crippen molar-refractivity contribution in [3.63, 3.8) is 0 Å². The van der Waals surface area contributed by atoms with Crippen LogP contribution in [-0.2, 0) is 6.18 Å². The maximum Gasteiger partial charge on any atom is 0.416 e. The van der Waals surface area contributed by atoms with Crippen LogP contribution in [0.25, 0.3) is 0 Å². The summed E-state index contributed by atoms with van der Waals surface area (Å²) < 4.78 is 38.0. The number of piperidine rings is 1. The lowest BCUT2D eigenvalue weighted by Crippen LogP contribution is -2.27. The van der Waals surface area contributed by atoms with Crippen LogP contribution < -0.4 is 5.32 Å². The monoisotopic (exact) mass is 257 g/mol. The van der Waals surface area contributed by atoms with Crippen molar-refractivity contribution in [2.75, 3.05) is 13.1 Å². The van der Waals surface area contributed by atoms with Gasteiger partial charge in [0.1, 0.15) is 6.29 Å². The van der Waals surface area contributed by atoms with E-state index in [2.05, 4.69) is 5.32 Å². The van der Waals surface area contributed by atoms with Gasteiger partial charge in [0.2, 0.25) is 0 Å². The number of halogens is 3. The molecule has 0 atom stereocenters. The first-order valence-electron chi connectivity index (χ1n) is 5.89. The van der Waals surface area contributed by atoms with E-state index in [9.17, 15) is 18.0 Å². The predicted molar refractivity (Wildman–Crippen MR) is 61.7 cm³/mol. The maximum absolute atomic E-state index is 12.7. The van der Waals surface area contributed by atoms with E-state index in [1.54, 1.807) is 0 Å². The van der Waals surface area contributed by atoms with Gasteiger partial charge in [0.15, 0.2) is 0 Å². The van der Waals surface area contributed by atoms with E-state index in [1.807, 2.05) is 0 Å². The minimum absolute atomic E-state index is 0.0359. The SMILES string of the molecule is O=Cc1ccc(C(F)(F)F)cc1C1CCNCC1. The van der Waals surface area contributed by atoms with Gasteiger partial charge in [-0.2, -0.15) is 13.2 Å². The molecule has 1 aromatic rings. The third-order valence-corrected chi connectivity index (χ3v) is 3.32. The van der Waals surface area contributed by atoms with Gasteiger partial charge < -0.3 is 5.32 Å². The third-order valence-electron chi connectivity index (χ3n) is 3.32. The molecule has 1 aliphatic rings. The lowest BCUT2D eigenvalue weighted by Gasteiger charge is -2.24. The summed E-state index contributed by atoms with van der Waals surface area (Å²) in [7, 11) is 0. The Morgan fingerprint density at radius 2 is 1.89 bits per heavy atom. The van der Waals surface area contributed by atoms with Crippen LogP contribution in [0.2, 0.25) is 0 Å². The smallest absolute Gasteiger partial charge is 0.317 e. The predicted octanol–water partition coefficient (Wildman–Crippen LogP) is 2.98. The van der Waals surface area contributed by atoms with Crippen molar-refractivity contribution >= 4 is 6.29 Å². The second-order valence-electron chi connectivity index (χ2n) is 4.48. The summed E-state index contributed by atoms with van der Waals surface area (Å²) in [5, 5.41) is 3.16. The summed E-state index contributed by atoms with van der Waals surface area (Å²) in [6.45, 7) is 1.55. The van der Waals surface area contributed by atoms with Gasteiger partial charge in [0, 0.05) is 5.56 Å². The molecule has 1 fully saturated rings. The average molecular weight is 257 g/mol. The average Bonchev–Trinajstić information content (AvgIpc) is 2.38. The van der Waals surface area contributed by atoms with Crippen LogP contribution in [-0.4, -0.2) is 19.4 Å². The Labute approximate surface area is 103 Å². The lowest BCUT2D eigenvalue weighted by atomic mass is 9.86. The summed E-state index contributed by atoms with van der Waals surface area (Å²) in [6.07, 6.45) is -2.19. The van der Waals surface area contributed by atoms with Crippen LogP contribution >= 0.6 is 0 Å². The van der Waals surface area contributed by atoms with Gasteiger partial charge in [0.25, 0.3) is 0 Å². The molecule has 1 aromatic carbocycles. The lowest BCUT2D eigenvalue weighted by molar-refractivity contribution is -0.137. The fourth-order valence-electron chi connectivity index (χ4n) is 2.34. The van der Waals surface area contributed by atoms with Gasteiger partial charge in [-0.3, -0.25) is 4.79 Å². The molecule has 18 heavy (non-hydrogen) atoms. The van der Waals surface area contributed by atoms with E-state index in [1.165, 1.54) is 6.07 Å². The minimum Gasteiger partial charge on any atom is -0.317 e. The van der Waals surface area contributed by atoms with E-state index in [0.717, 1.165) is 38.1 Å². The number of hydrogen-bond donors (Lipinski definition) is 1. The molecule has 0 saturated carbocycles. The van der Waals surface area contributed by atoms with E-state index in [0.29, 0.717) is 17.4 Å². The van der Waals surface area contributed by atoms with Crippen LogP contribution in [0.3, 0.4) is 0 Å². The Balaban J connectivity index is 2.38. The second-order valence-corrected chi connectivity index (χ2v) is 4.48. The highest BCUT2D eigenvalue weighted by atomic mass is 19.4. The Morgan fingerprint density at radius 1 is 1.22 bits per heavy atom. The van der Waals surface area contributed by atoms with Gasteiger partial charge >= 0.3 is 6.18 Å². The summed E-state index contributed by atoms with van der Waals surface area (Å²) in [5.74, 6) is 0.0359. The van der Waals surface area contributed by atoms with Crippen molar-refractivity contribution in [3.8, 4) is 0 Å². The molecule has 2 nitrogen and oxygen atoms in total. The molecule has 0 bridgehead atoms. The molecule has 0 aromatic heterocycles. The summed E-state index contributed by atoms with van der Waals surface area (Å²) in [6, 6.07) is 3.36. The summed E-state index contributed by atoms with van der Waals surface area (Å²) in [4.78, 5) is 10.9. The highest BCUT2D eigenvalue weighted by Gasteiger charge is 2.32. The van der Waals surface area contributed by atoms with Crippen molar-refractivity contribution in [1.29, 1.82) is 0 Å². The quantitative estimate of drug-likeness (QED) is 0.825. The molecule has 1 heterocycles. The Morgan fingerprint density at radius 3 is 2.44 bits per heavy atom. The fraction of sp³-hybridized carbons (Fsp3) is 0.462. The Hall–Kier alpha value is -1.36. The molecule has 0 aliphatic carbocycles. The number of nitrogens with one attached hydrogen (secondary N) is 1. The van der Waals surface area contributed by atoms with Crippen molar-refractivity contribution in [1.82, 2.24) is 5.32 Å². The highest BCUT2D eigenvalue weighted by molar-refractivity contribution is 5.78. The molecule has 0 amide bonds. The summed E-state index contributed by atoms with van der Waals surface area (Å²) in [5.41, 5.74) is 0.220. The maximum atomic E-state index is 12.7. The number of benzene rings is 1. The van der Waals surface area contributed by atoms with E-state index in [4.69, 9.17) is 0 Å². The molecule has 2 rings (SSSR count). The highest BCUT2D eigenvalue weighted by Crippen LogP contribution is 2.34. The van der Waals surface area contributed by atoms with Crippen LogP contribution in [0.5, 0.6) is 0 Å². The number of aldehydes is 1. The minimum atomic E-state index is -4.36. The topological polar surface area (TPSA) is 29.1 Å². The molecule has 1 saturated heterocycles. The standard InChI is InChI=1S/C13H14F3NO/c14-13(15,16)11-2-1-10(8-18)12(7-11)9-3-5-17-6-4-9/h1-2,7-9,17H,3-6H2. The Kier molecular flexibility index (Phi) is 3.71. The normalized spacial score (nSPS) is 17.7. The molecule has 5 heteroatoms. The van der Waals surface area contributed by atoms with E-state index >= 15 is 0 Å². The largest absolute Gasteiger partial charge is 0.416 e. The van der Waals surface area contributed by atoms with Gasteiger partial charge in [-0.05, 0) is 49.5 Å². The number of hydrogen-bond acceptors (Lipinski definition) is 2.